The number of nitrogens with zero attached hydrogens (tertiary/aromatic N) is 1. The van der Waals surface area contributed by atoms with Crippen molar-refractivity contribution in [3.05, 3.63) is 84.4 Å². The van der Waals surface area contributed by atoms with E-state index in [4.69, 9.17) is 9.47 Å². The molecule has 0 aromatic heterocycles. The highest BCUT2D eigenvalue weighted by molar-refractivity contribution is 6.54. The third-order valence-electron chi connectivity index (χ3n) is 4.61. The van der Waals surface area contributed by atoms with E-state index in [2.05, 4.69) is 84.6 Å². The van der Waals surface area contributed by atoms with Crippen molar-refractivity contribution in [2.45, 2.75) is 26.7 Å². The molecule has 0 unspecified atom stereocenters. The minimum absolute atomic E-state index is 0.0526. The molecule has 3 nitrogen and oxygen atoms in total. The molecule has 0 aliphatic carbocycles. The molecule has 0 amide bonds. The van der Waals surface area contributed by atoms with Crippen LogP contribution in [0.5, 0.6) is 0 Å². The Labute approximate surface area is 170 Å². The summed E-state index contributed by atoms with van der Waals surface area (Å²) in [4.78, 5) is 2.29. The van der Waals surface area contributed by atoms with Gasteiger partial charge in [-0.25, -0.2) is 0 Å². The van der Waals surface area contributed by atoms with Crippen molar-refractivity contribution in [1.82, 2.24) is 0 Å². The van der Waals surface area contributed by atoms with Gasteiger partial charge >= 0.3 is 0 Å². The van der Waals surface area contributed by atoms with Crippen LogP contribution in [0.3, 0.4) is 0 Å². The van der Waals surface area contributed by atoms with Crippen LogP contribution in [0, 0.1) is 6.92 Å². The summed E-state index contributed by atoms with van der Waals surface area (Å²) in [5.41, 5.74) is 4.72. The maximum absolute atomic E-state index is 5.74. The van der Waals surface area contributed by atoms with Crippen LogP contribution in [0.2, 0.25) is 0 Å². The van der Waals surface area contributed by atoms with Crippen molar-refractivity contribution in [2.75, 3.05) is 18.1 Å². The van der Waals surface area contributed by atoms with Crippen molar-refractivity contribution < 1.29 is 9.47 Å². The lowest BCUT2D eigenvalue weighted by molar-refractivity contribution is -0.0817. The second kappa shape index (κ2) is 10.2. The van der Waals surface area contributed by atoms with Gasteiger partial charge in [-0.3, -0.25) is 0 Å². The second-order valence-electron chi connectivity index (χ2n) is 6.72. The number of hydrogen-bond acceptors (Lipinski definition) is 3. The normalized spacial score (nSPS) is 11.4. The third kappa shape index (κ3) is 5.32. The molecule has 0 bridgehead atoms. The minimum Gasteiger partial charge on any atom is -0.357 e. The molecule has 28 heavy (non-hydrogen) atoms. The van der Waals surface area contributed by atoms with Crippen LogP contribution in [0.4, 0.5) is 17.1 Å². The Morgan fingerprint density at radius 1 is 0.714 bits per heavy atom. The summed E-state index contributed by atoms with van der Waals surface area (Å²) in [6.07, 6.45) is 0. The first-order chi connectivity index (χ1) is 13.7. The van der Waals surface area contributed by atoms with Gasteiger partial charge in [0.05, 0.1) is 0 Å². The van der Waals surface area contributed by atoms with Crippen molar-refractivity contribution in [1.29, 1.82) is 0 Å². The highest BCUT2D eigenvalue weighted by Crippen LogP contribution is 2.33. The summed E-state index contributed by atoms with van der Waals surface area (Å²) >= 11 is 0. The number of anilines is 3. The van der Waals surface area contributed by atoms with E-state index in [0.29, 0.717) is 13.2 Å². The first-order valence-electron chi connectivity index (χ1n) is 9.95. The van der Waals surface area contributed by atoms with E-state index in [1.807, 2.05) is 19.9 Å². The maximum atomic E-state index is 5.74. The first-order valence-corrected chi connectivity index (χ1v) is 11.5. The van der Waals surface area contributed by atoms with Crippen LogP contribution in [0.1, 0.15) is 19.4 Å². The van der Waals surface area contributed by atoms with Gasteiger partial charge in [0.25, 0.3) is 0 Å². The molecule has 0 saturated heterocycles. The lowest BCUT2D eigenvalue weighted by Crippen LogP contribution is -2.33. The van der Waals surface area contributed by atoms with E-state index < -0.39 is 9.52 Å². The first kappa shape index (κ1) is 20.3. The number of benzene rings is 3. The van der Waals surface area contributed by atoms with E-state index in [-0.39, 0.29) is 5.91 Å². The van der Waals surface area contributed by atoms with Gasteiger partial charge in [0.1, 0.15) is 15.4 Å². The molecule has 0 heterocycles. The molecule has 0 aliphatic rings. The Morgan fingerprint density at radius 2 is 1.21 bits per heavy atom. The fourth-order valence-electron chi connectivity index (χ4n) is 3.23. The number of aryl methyl sites for hydroxylation is 1. The fraction of sp³-hybridized carbons (Fsp3) is 0.250. The zero-order chi connectivity index (χ0) is 19.8. The van der Waals surface area contributed by atoms with Crippen molar-refractivity contribution >= 4 is 31.8 Å². The molecule has 0 aliphatic heterocycles. The van der Waals surface area contributed by atoms with E-state index in [1.54, 1.807) is 0 Å². The van der Waals surface area contributed by atoms with Gasteiger partial charge in [0.2, 0.25) is 0 Å². The number of hydrogen-bond donors (Lipinski definition) is 0. The van der Waals surface area contributed by atoms with Crippen molar-refractivity contribution in [2.24, 2.45) is 0 Å². The topological polar surface area (TPSA) is 21.7 Å². The Balaban J connectivity index is 1.87. The van der Waals surface area contributed by atoms with E-state index >= 15 is 0 Å². The van der Waals surface area contributed by atoms with Gasteiger partial charge in [-0.15, -0.1) is 0 Å². The molecular formula is C24H29NO2Si. The zero-order valence-corrected chi connectivity index (χ0v) is 18.4. The lowest BCUT2D eigenvalue weighted by Gasteiger charge is -2.26. The van der Waals surface area contributed by atoms with Crippen molar-refractivity contribution in [3.8, 4) is 0 Å². The summed E-state index contributed by atoms with van der Waals surface area (Å²) in [5, 5.41) is 1.34. The minimum atomic E-state index is -0.654. The van der Waals surface area contributed by atoms with Crippen LogP contribution < -0.4 is 10.1 Å². The lowest BCUT2D eigenvalue weighted by atomic mass is 10.1. The summed E-state index contributed by atoms with van der Waals surface area (Å²) in [6.45, 7) is 7.52. The van der Waals surface area contributed by atoms with Gasteiger partial charge in [-0.2, -0.15) is 0 Å². The molecule has 0 N–H and O–H groups in total. The second-order valence-corrected chi connectivity index (χ2v) is 8.61. The number of para-hydroxylation sites is 1. The zero-order valence-electron chi connectivity index (χ0n) is 17.0. The summed E-state index contributed by atoms with van der Waals surface area (Å²) < 4.78 is 11.5. The van der Waals surface area contributed by atoms with E-state index in [1.165, 1.54) is 10.8 Å². The molecular weight excluding hydrogens is 362 g/mol. The monoisotopic (exact) mass is 391 g/mol. The predicted molar refractivity (Wildman–Crippen MR) is 121 cm³/mol. The molecule has 0 saturated carbocycles. The molecule has 0 atom stereocenters. The Morgan fingerprint density at radius 3 is 1.75 bits per heavy atom. The van der Waals surface area contributed by atoms with Gasteiger partial charge in [-0.1, -0.05) is 53.2 Å². The van der Waals surface area contributed by atoms with Crippen LogP contribution in [0.25, 0.3) is 0 Å². The quantitative estimate of drug-likeness (QED) is 0.393. The SMILES string of the molecule is CCOC(OCC)[SiH2]c1ccc(N(c2ccccc2)c2ccc(C)cc2)cc1. The predicted octanol–water partition coefficient (Wildman–Crippen LogP) is 4.62. The van der Waals surface area contributed by atoms with Crippen LogP contribution in [0.15, 0.2) is 78.9 Å². The molecule has 3 aromatic carbocycles. The largest absolute Gasteiger partial charge is 0.357 e. The average Bonchev–Trinajstić information content (AvgIpc) is 2.72. The number of ether oxygens (including phenoxy) is 2. The Kier molecular flexibility index (Phi) is 7.43. The average molecular weight is 392 g/mol. The summed E-state index contributed by atoms with van der Waals surface area (Å²) in [6, 6.07) is 28.0. The highest BCUT2D eigenvalue weighted by atomic mass is 28.2. The third-order valence-corrected chi connectivity index (χ3v) is 6.36. The standard InChI is InChI=1S/C24H29NO2Si/c1-4-26-24(27-5-2)28-23-17-15-22(16-18-23)25(20-9-7-6-8-10-20)21-13-11-19(3)12-14-21/h6-18,24H,4-5,28H2,1-3H3. The Bertz CT molecular complexity index is 829. The molecule has 3 rings (SSSR count). The molecule has 3 aromatic rings. The van der Waals surface area contributed by atoms with E-state index in [9.17, 15) is 0 Å². The fourth-order valence-corrected chi connectivity index (χ4v) is 4.83. The highest BCUT2D eigenvalue weighted by Gasteiger charge is 2.14. The molecule has 0 spiro atoms. The van der Waals surface area contributed by atoms with Crippen LogP contribution in [-0.2, 0) is 9.47 Å². The molecule has 0 fully saturated rings. The van der Waals surface area contributed by atoms with Gasteiger partial charge in [0.15, 0.2) is 0 Å². The number of rotatable bonds is 9. The smallest absolute Gasteiger partial charge is 0.139 e. The van der Waals surface area contributed by atoms with E-state index in [0.717, 1.165) is 17.1 Å². The summed E-state index contributed by atoms with van der Waals surface area (Å²) in [5.74, 6) is -0.0526. The van der Waals surface area contributed by atoms with Gasteiger partial charge in [0, 0.05) is 30.3 Å². The molecule has 146 valence electrons. The Hall–Kier alpha value is -2.40. The van der Waals surface area contributed by atoms with Crippen LogP contribution in [-0.4, -0.2) is 28.6 Å². The maximum Gasteiger partial charge on any atom is 0.139 e. The van der Waals surface area contributed by atoms with Crippen molar-refractivity contribution in [3.63, 3.8) is 0 Å². The van der Waals surface area contributed by atoms with Crippen LogP contribution >= 0.6 is 0 Å². The molecule has 0 radical (unpaired) electrons. The summed E-state index contributed by atoms with van der Waals surface area (Å²) in [7, 11) is -0.654. The van der Waals surface area contributed by atoms with Gasteiger partial charge in [-0.05, 0) is 57.2 Å². The molecule has 4 heteroatoms. The van der Waals surface area contributed by atoms with Gasteiger partial charge < -0.3 is 14.4 Å².